The predicted molar refractivity (Wildman–Crippen MR) is 63.6 cm³/mol. The number of aryl methyl sites for hydroxylation is 1. The minimum absolute atomic E-state index is 0.160. The first-order valence-corrected chi connectivity index (χ1v) is 5.21. The third-order valence-electron chi connectivity index (χ3n) is 2.19. The molecular weight excluding hydrogens is 220 g/mol. The van der Waals surface area contributed by atoms with E-state index in [-0.39, 0.29) is 5.41 Å². The topological polar surface area (TPSA) is 72.2 Å². The summed E-state index contributed by atoms with van der Waals surface area (Å²) in [6, 6.07) is 0. The van der Waals surface area contributed by atoms with Crippen LogP contribution in [0.3, 0.4) is 0 Å². The van der Waals surface area contributed by atoms with E-state index in [0.29, 0.717) is 0 Å². The van der Waals surface area contributed by atoms with Crippen LogP contribution in [-0.4, -0.2) is 26.6 Å². The van der Waals surface area contributed by atoms with Crippen LogP contribution in [0, 0.1) is 0 Å². The molecule has 0 spiro atoms. The molecule has 1 N–H and O–H groups in total. The Balaban J connectivity index is 3.07. The Morgan fingerprint density at radius 1 is 1.41 bits per heavy atom. The van der Waals surface area contributed by atoms with Crippen molar-refractivity contribution in [2.24, 2.45) is 7.05 Å². The zero-order valence-corrected chi connectivity index (χ0v) is 10.4. The van der Waals surface area contributed by atoms with E-state index in [0.717, 1.165) is 17.3 Å². The Bertz CT molecular complexity index is 478. The van der Waals surface area contributed by atoms with Gasteiger partial charge in [-0.2, -0.15) is 5.10 Å². The first-order valence-electron chi connectivity index (χ1n) is 5.21. The van der Waals surface area contributed by atoms with Gasteiger partial charge in [0.25, 0.3) is 5.78 Å². The highest BCUT2D eigenvalue weighted by atomic mass is 16.4. The molecule has 0 atom stereocenters. The van der Waals surface area contributed by atoms with Gasteiger partial charge in [-0.25, -0.2) is 4.79 Å². The van der Waals surface area contributed by atoms with E-state index in [1.165, 1.54) is 6.08 Å². The molecule has 0 bridgehead atoms. The fraction of sp³-hybridized carbons (Fsp3) is 0.417. The number of carbonyl (C=O) groups excluding carboxylic acids is 1. The number of nitrogens with zero attached hydrogens (tertiary/aromatic N) is 2. The number of aromatic nitrogens is 2. The molecule has 92 valence electrons. The summed E-state index contributed by atoms with van der Waals surface area (Å²) in [5, 5.41) is 12.8. The van der Waals surface area contributed by atoms with Crippen LogP contribution in [0.1, 0.15) is 32.0 Å². The standard InChI is InChI=1S/C12H16N2O3/c1-12(2,3)10-8(7-14(4)13-10)5-6-9(15)11(16)17/h5-7H,1-4H3,(H,16,17)/b6-5+. The van der Waals surface area contributed by atoms with Gasteiger partial charge in [-0.15, -0.1) is 0 Å². The summed E-state index contributed by atoms with van der Waals surface area (Å²) in [7, 11) is 1.78. The molecule has 0 fully saturated rings. The highest BCUT2D eigenvalue weighted by Crippen LogP contribution is 2.24. The molecule has 1 heterocycles. The van der Waals surface area contributed by atoms with Crippen LogP contribution in [0.4, 0.5) is 0 Å². The van der Waals surface area contributed by atoms with Gasteiger partial charge in [0.1, 0.15) is 0 Å². The molecule has 0 aliphatic rings. The van der Waals surface area contributed by atoms with Gasteiger partial charge in [0.15, 0.2) is 0 Å². The van der Waals surface area contributed by atoms with Gasteiger partial charge >= 0.3 is 5.97 Å². The van der Waals surface area contributed by atoms with E-state index in [1.807, 2.05) is 20.8 Å². The molecule has 0 aliphatic heterocycles. The molecular formula is C12H16N2O3. The largest absolute Gasteiger partial charge is 0.475 e. The average Bonchev–Trinajstić information content (AvgIpc) is 2.55. The predicted octanol–water partition coefficient (Wildman–Crippen LogP) is 1.38. The van der Waals surface area contributed by atoms with Crippen LogP contribution in [0.25, 0.3) is 6.08 Å². The summed E-state index contributed by atoms with van der Waals surface area (Å²) in [5.41, 5.74) is 1.43. The van der Waals surface area contributed by atoms with Crippen LogP contribution in [0.2, 0.25) is 0 Å². The van der Waals surface area contributed by atoms with Crippen molar-refractivity contribution in [3.8, 4) is 0 Å². The van der Waals surface area contributed by atoms with Crippen LogP contribution in [0.15, 0.2) is 12.3 Å². The van der Waals surface area contributed by atoms with E-state index in [1.54, 1.807) is 17.9 Å². The molecule has 1 aromatic heterocycles. The summed E-state index contributed by atoms with van der Waals surface area (Å²) in [6.07, 6.45) is 4.30. The number of carboxylic acids is 1. The Labute approximate surface area is 99.8 Å². The minimum atomic E-state index is -1.46. The van der Waals surface area contributed by atoms with Gasteiger partial charge in [0.2, 0.25) is 0 Å². The maximum Gasteiger partial charge on any atom is 0.376 e. The van der Waals surface area contributed by atoms with E-state index in [4.69, 9.17) is 5.11 Å². The lowest BCUT2D eigenvalue weighted by Gasteiger charge is -2.16. The van der Waals surface area contributed by atoms with Gasteiger partial charge in [-0.3, -0.25) is 9.48 Å². The number of hydrogen-bond donors (Lipinski definition) is 1. The third kappa shape index (κ3) is 3.27. The Morgan fingerprint density at radius 3 is 2.47 bits per heavy atom. The summed E-state index contributed by atoms with van der Waals surface area (Å²) in [4.78, 5) is 21.4. The van der Waals surface area contributed by atoms with E-state index >= 15 is 0 Å². The van der Waals surface area contributed by atoms with Crippen molar-refractivity contribution >= 4 is 17.8 Å². The molecule has 0 unspecified atom stereocenters. The van der Waals surface area contributed by atoms with E-state index < -0.39 is 11.8 Å². The van der Waals surface area contributed by atoms with Crippen molar-refractivity contribution in [1.29, 1.82) is 0 Å². The lowest BCUT2D eigenvalue weighted by atomic mass is 9.89. The zero-order valence-electron chi connectivity index (χ0n) is 10.4. The zero-order chi connectivity index (χ0) is 13.2. The first-order chi connectivity index (χ1) is 7.71. The number of hydrogen-bond acceptors (Lipinski definition) is 3. The highest BCUT2D eigenvalue weighted by molar-refractivity contribution is 6.38. The summed E-state index contributed by atoms with van der Waals surface area (Å²) in [5.74, 6) is -2.39. The smallest absolute Gasteiger partial charge is 0.376 e. The Hall–Kier alpha value is -1.91. The van der Waals surface area contributed by atoms with E-state index in [2.05, 4.69) is 5.10 Å². The number of aliphatic carboxylic acids is 1. The summed E-state index contributed by atoms with van der Waals surface area (Å²) in [6.45, 7) is 6.02. The van der Waals surface area contributed by atoms with Gasteiger partial charge in [-0.1, -0.05) is 20.8 Å². The monoisotopic (exact) mass is 236 g/mol. The maximum absolute atomic E-state index is 11.0. The second kappa shape index (κ2) is 4.53. The van der Waals surface area contributed by atoms with Crippen molar-refractivity contribution in [2.45, 2.75) is 26.2 Å². The molecule has 1 rings (SSSR count). The fourth-order valence-electron chi connectivity index (χ4n) is 1.45. The third-order valence-corrected chi connectivity index (χ3v) is 2.19. The Kier molecular flexibility index (Phi) is 3.50. The van der Waals surface area contributed by atoms with Crippen LogP contribution < -0.4 is 0 Å². The SMILES string of the molecule is Cn1cc(/C=C/C(=O)C(=O)O)c(C(C)(C)C)n1. The lowest BCUT2D eigenvalue weighted by Crippen LogP contribution is -2.14. The average molecular weight is 236 g/mol. The molecule has 1 aromatic rings. The van der Waals surface area contributed by atoms with Crippen LogP contribution in [0.5, 0.6) is 0 Å². The number of rotatable bonds is 3. The molecule has 0 saturated carbocycles. The maximum atomic E-state index is 11.0. The van der Waals surface area contributed by atoms with Gasteiger partial charge in [-0.05, 0) is 12.2 Å². The minimum Gasteiger partial charge on any atom is -0.475 e. The van der Waals surface area contributed by atoms with Crippen molar-refractivity contribution in [3.05, 3.63) is 23.5 Å². The molecule has 0 aromatic carbocycles. The number of carboxylic acid groups (broad SMARTS) is 1. The van der Waals surface area contributed by atoms with Crippen molar-refractivity contribution in [1.82, 2.24) is 9.78 Å². The second-order valence-corrected chi connectivity index (χ2v) is 4.86. The summed E-state index contributed by atoms with van der Waals surface area (Å²) >= 11 is 0. The molecule has 0 amide bonds. The highest BCUT2D eigenvalue weighted by Gasteiger charge is 2.20. The van der Waals surface area contributed by atoms with Gasteiger partial charge in [0.05, 0.1) is 5.69 Å². The normalized spacial score (nSPS) is 12.0. The molecule has 0 saturated heterocycles. The fourth-order valence-corrected chi connectivity index (χ4v) is 1.45. The molecule has 5 heteroatoms. The van der Waals surface area contributed by atoms with Crippen LogP contribution >= 0.6 is 0 Å². The lowest BCUT2D eigenvalue weighted by molar-refractivity contribution is -0.146. The van der Waals surface area contributed by atoms with Gasteiger partial charge in [0, 0.05) is 24.2 Å². The molecule has 17 heavy (non-hydrogen) atoms. The molecule has 5 nitrogen and oxygen atoms in total. The van der Waals surface area contributed by atoms with Crippen molar-refractivity contribution in [2.75, 3.05) is 0 Å². The van der Waals surface area contributed by atoms with Crippen LogP contribution in [-0.2, 0) is 22.1 Å². The van der Waals surface area contributed by atoms with Crippen molar-refractivity contribution in [3.63, 3.8) is 0 Å². The number of carbonyl (C=O) groups is 2. The second-order valence-electron chi connectivity index (χ2n) is 4.86. The Morgan fingerprint density at radius 2 is 2.00 bits per heavy atom. The van der Waals surface area contributed by atoms with E-state index in [9.17, 15) is 9.59 Å². The molecule has 0 radical (unpaired) electrons. The molecule has 0 aliphatic carbocycles. The quantitative estimate of drug-likeness (QED) is 0.635. The summed E-state index contributed by atoms with van der Waals surface area (Å²) < 4.78 is 1.64. The van der Waals surface area contributed by atoms with Crippen molar-refractivity contribution < 1.29 is 14.7 Å². The van der Waals surface area contributed by atoms with Gasteiger partial charge < -0.3 is 5.11 Å². The first kappa shape index (κ1) is 13.2. The number of ketones is 1.